The zero-order chi connectivity index (χ0) is 12.4. The first-order chi connectivity index (χ1) is 7.67. The Bertz CT molecular complexity index is 148. The third-order valence-corrected chi connectivity index (χ3v) is 2.74. The molecule has 2 atom stereocenters. The second-order valence-corrected chi connectivity index (χ2v) is 4.10. The van der Waals surface area contributed by atoms with Crippen molar-refractivity contribution < 1.29 is 19.7 Å². The molecule has 0 amide bonds. The summed E-state index contributed by atoms with van der Waals surface area (Å²) >= 11 is 0. The average Bonchev–Trinajstić information content (AvgIpc) is 2.30. The Morgan fingerprint density at radius 3 is 2.00 bits per heavy atom. The lowest BCUT2D eigenvalue weighted by molar-refractivity contribution is -0.191. The second-order valence-electron chi connectivity index (χ2n) is 4.10. The van der Waals surface area contributed by atoms with Gasteiger partial charge in [-0.25, -0.2) is 0 Å². The van der Waals surface area contributed by atoms with E-state index in [1.165, 1.54) is 33.5 Å². The van der Waals surface area contributed by atoms with E-state index in [2.05, 4.69) is 6.92 Å². The quantitative estimate of drug-likeness (QED) is 0.446. The molecule has 0 heterocycles. The summed E-state index contributed by atoms with van der Waals surface area (Å²) in [5.74, 6) is 0. The molecule has 0 aromatic carbocycles. The van der Waals surface area contributed by atoms with Crippen molar-refractivity contribution in [2.45, 2.75) is 63.9 Å². The summed E-state index contributed by atoms with van der Waals surface area (Å²) in [5, 5.41) is 19.4. The Kier molecular flexibility index (Phi) is 9.92. The molecule has 0 radical (unpaired) electrons. The van der Waals surface area contributed by atoms with Gasteiger partial charge in [0, 0.05) is 14.2 Å². The predicted molar refractivity (Wildman–Crippen MR) is 63.2 cm³/mol. The molecule has 0 aromatic rings. The SMILES string of the molecule is CCCCCCC[C@@H](O)[C@@H](O)C(OC)OC. The molecule has 0 aromatic heterocycles. The van der Waals surface area contributed by atoms with Crippen molar-refractivity contribution in [3.63, 3.8) is 0 Å². The normalized spacial score (nSPS) is 15.4. The molecule has 0 spiro atoms. The number of hydrogen-bond donors (Lipinski definition) is 2. The van der Waals surface area contributed by atoms with E-state index in [0.717, 1.165) is 12.8 Å². The van der Waals surface area contributed by atoms with E-state index >= 15 is 0 Å². The van der Waals surface area contributed by atoms with Gasteiger partial charge in [0.2, 0.25) is 0 Å². The Morgan fingerprint density at radius 2 is 1.50 bits per heavy atom. The van der Waals surface area contributed by atoms with Gasteiger partial charge in [-0.05, 0) is 6.42 Å². The Hall–Kier alpha value is -0.160. The van der Waals surface area contributed by atoms with Crippen LogP contribution < -0.4 is 0 Å². The fraction of sp³-hybridized carbons (Fsp3) is 1.00. The summed E-state index contributed by atoms with van der Waals surface area (Å²) in [6.45, 7) is 2.17. The lowest BCUT2D eigenvalue weighted by Crippen LogP contribution is -2.39. The zero-order valence-electron chi connectivity index (χ0n) is 10.7. The van der Waals surface area contributed by atoms with E-state index in [-0.39, 0.29) is 0 Å². The molecule has 0 aliphatic rings. The minimum atomic E-state index is -0.971. The summed E-state index contributed by atoms with van der Waals surface area (Å²) in [4.78, 5) is 0. The minimum absolute atomic E-state index is 0.591. The van der Waals surface area contributed by atoms with Crippen LogP contribution in [0.4, 0.5) is 0 Å². The highest BCUT2D eigenvalue weighted by Gasteiger charge is 2.25. The smallest absolute Gasteiger partial charge is 0.185 e. The van der Waals surface area contributed by atoms with Gasteiger partial charge in [-0.1, -0.05) is 39.0 Å². The van der Waals surface area contributed by atoms with Crippen LogP contribution in [0.3, 0.4) is 0 Å². The molecule has 0 saturated heterocycles. The van der Waals surface area contributed by atoms with E-state index < -0.39 is 18.5 Å². The van der Waals surface area contributed by atoms with Crippen molar-refractivity contribution in [2.75, 3.05) is 14.2 Å². The molecule has 0 fully saturated rings. The average molecular weight is 234 g/mol. The number of hydrogen-bond acceptors (Lipinski definition) is 4. The van der Waals surface area contributed by atoms with Crippen LogP contribution >= 0.6 is 0 Å². The second kappa shape index (κ2) is 10.0. The summed E-state index contributed by atoms with van der Waals surface area (Å²) < 4.78 is 9.79. The lowest BCUT2D eigenvalue weighted by Gasteiger charge is -2.24. The molecule has 16 heavy (non-hydrogen) atoms. The van der Waals surface area contributed by atoms with Crippen molar-refractivity contribution in [2.24, 2.45) is 0 Å². The molecule has 4 nitrogen and oxygen atoms in total. The molecule has 0 aliphatic carbocycles. The van der Waals surface area contributed by atoms with Gasteiger partial charge in [0.05, 0.1) is 6.10 Å². The maximum atomic E-state index is 9.70. The van der Waals surface area contributed by atoms with Gasteiger partial charge in [0.15, 0.2) is 6.29 Å². The molecular formula is C12H26O4. The number of methoxy groups -OCH3 is 2. The zero-order valence-corrected chi connectivity index (χ0v) is 10.7. The van der Waals surface area contributed by atoms with Crippen LogP contribution in [0, 0.1) is 0 Å². The highest BCUT2D eigenvalue weighted by atomic mass is 16.7. The number of ether oxygens (including phenoxy) is 2. The van der Waals surface area contributed by atoms with Gasteiger partial charge >= 0.3 is 0 Å². The maximum absolute atomic E-state index is 9.70. The predicted octanol–water partition coefficient (Wildman–Crippen LogP) is 1.69. The topological polar surface area (TPSA) is 58.9 Å². The summed E-state index contributed by atoms with van der Waals surface area (Å²) in [5.41, 5.74) is 0. The number of rotatable bonds is 10. The van der Waals surface area contributed by atoms with E-state index in [1.54, 1.807) is 0 Å². The first kappa shape index (κ1) is 15.8. The van der Waals surface area contributed by atoms with E-state index in [0.29, 0.717) is 6.42 Å². The number of unbranched alkanes of at least 4 members (excludes halogenated alkanes) is 4. The molecule has 0 aliphatic heterocycles. The van der Waals surface area contributed by atoms with Crippen molar-refractivity contribution in [3.05, 3.63) is 0 Å². The van der Waals surface area contributed by atoms with E-state index in [1.807, 2.05) is 0 Å². The van der Waals surface area contributed by atoms with Crippen LogP contribution in [0.5, 0.6) is 0 Å². The molecule has 98 valence electrons. The molecule has 2 N–H and O–H groups in total. The summed E-state index contributed by atoms with van der Waals surface area (Å²) in [6, 6.07) is 0. The van der Waals surface area contributed by atoms with Gasteiger partial charge in [0.25, 0.3) is 0 Å². The van der Waals surface area contributed by atoms with Crippen LogP contribution in [0.15, 0.2) is 0 Å². The van der Waals surface area contributed by atoms with Gasteiger partial charge < -0.3 is 19.7 Å². The maximum Gasteiger partial charge on any atom is 0.185 e. The van der Waals surface area contributed by atoms with Crippen molar-refractivity contribution in [1.82, 2.24) is 0 Å². The van der Waals surface area contributed by atoms with Gasteiger partial charge in [-0.2, -0.15) is 0 Å². The molecule has 0 unspecified atom stereocenters. The van der Waals surface area contributed by atoms with Gasteiger partial charge in [0.1, 0.15) is 6.10 Å². The Balaban J connectivity index is 3.65. The fourth-order valence-electron chi connectivity index (χ4n) is 1.68. The van der Waals surface area contributed by atoms with Gasteiger partial charge in [-0.15, -0.1) is 0 Å². The molecule has 0 saturated carbocycles. The highest BCUT2D eigenvalue weighted by molar-refractivity contribution is 4.70. The van der Waals surface area contributed by atoms with E-state index in [9.17, 15) is 10.2 Å². The molecule has 0 rings (SSSR count). The first-order valence-corrected chi connectivity index (χ1v) is 6.09. The van der Waals surface area contributed by atoms with Crippen LogP contribution in [0.25, 0.3) is 0 Å². The van der Waals surface area contributed by atoms with E-state index in [4.69, 9.17) is 9.47 Å². The molecule has 4 heteroatoms. The van der Waals surface area contributed by atoms with Crippen LogP contribution in [-0.4, -0.2) is 42.9 Å². The highest BCUT2D eigenvalue weighted by Crippen LogP contribution is 2.12. The summed E-state index contributed by atoms with van der Waals surface area (Å²) in [7, 11) is 2.90. The summed E-state index contributed by atoms with van der Waals surface area (Å²) in [6.07, 6.45) is 3.77. The first-order valence-electron chi connectivity index (χ1n) is 6.09. The third-order valence-electron chi connectivity index (χ3n) is 2.74. The molecular weight excluding hydrogens is 208 g/mol. The van der Waals surface area contributed by atoms with Crippen LogP contribution in [0.2, 0.25) is 0 Å². The largest absolute Gasteiger partial charge is 0.390 e. The van der Waals surface area contributed by atoms with Gasteiger partial charge in [-0.3, -0.25) is 0 Å². The monoisotopic (exact) mass is 234 g/mol. The third kappa shape index (κ3) is 6.43. The minimum Gasteiger partial charge on any atom is -0.390 e. The van der Waals surface area contributed by atoms with Crippen LogP contribution in [-0.2, 0) is 9.47 Å². The number of aliphatic hydroxyl groups is 2. The van der Waals surface area contributed by atoms with Crippen LogP contribution in [0.1, 0.15) is 45.4 Å². The Morgan fingerprint density at radius 1 is 0.938 bits per heavy atom. The standard InChI is InChI=1S/C12H26O4/c1-4-5-6-7-8-9-10(13)11(14)12(15-2)16-3/h10-14H,4-9H2,1-3H3/t10-,11-/m1/s1. The number of aliphatic hydroxyl groups excluding tert-OH is 2. The van der Waals surface area contributed by atoms with Crippen molar-refractivity contribution in [3.8, 4) is 0 Å². The molecule has 0 bridgehead atoms. The van der Waals surface area contributed by atoms with Crippen molar-refractivity contribution >= 4 is 0 Å². The fourth-order valence-corrected chi connectivity index (χ4v) is 1.68. The van der Waals surface area contributed by atoms with Crippen molar-refractivity contribution in [1.29, 1.82) is 0 Å². The Labute approximate surface area is 98.6 Å². The lowest BCUT2D eigenvalue weighted by atomic mass is 10.0.